The van der Waals surface area contributed by atoms with Crippen LogP contribution in [0.5, 0.6) is 0 Å². The lowest BCUT2D eigenvalue weighted by atomic mass is 10.1. The minimum absolute atomic E-state index is 0.240. The molecular weight excluding hydrogens is 276 g/mol. The first-order valence-electron chi connectivity index (χ1n) is 5.93. The van der Waals surface area contributed by atoms with Crippen LogP contribution in [-0.2, 0) is 0 Å². The number of benzene rings is 2. The highest BCUT2D eigenvalue weighted by Crippen LogP contribution is 2.21. The van der Waals surface area contributed by atoms with Crippen LogP contribution in [0.4, 0.5) is 5.69 Å². The number of hydrogen-bond donors (Lipinski definition) is 1. The zero-order valence-corrected chi connectivity index (χ0v) is 11.6. The summed E-state index contributed by atoms with van der Waals surface area (Å²) in [7, 11) is 1.60. The summed E-state index contributed by atoms with van der Waals surface area (Å²) in [6, 6.07) is 13.3. The number of amides is 2. The van der Waals surface area contributed by atoms with E-state index in [4.69, 9.17) is 17.3 Å². The molecule has 0 aliphatic heterocycles. The van der Waals surface area contributed by atoms with E-state index in [1.54, 1.807) is 55.6 Å². The fraction of sp³-hybridized carbons (Fsp3) is 0.0667. The summed E-state index contributed by atoms with van der Waals surface area (Å²) in [5.41, 5.74) is 6.57. The Morgan fingerprint density at radius 3 is 2.25 bits per heavy atom. The number of hydrogen-bond acceptors (Lipinski definition) is 2. The fourth-order valence-electron chi connectivity index (χ4n) is 1.87. The molecule has 2 rings (SSSR count). The number of carbonyl (C=O) groups excluding carboxylic acids is 2. The van der Waals surface area contributed by atoms with Gasteiger partial charge in [-0.15, -0.1) is 0 Å². The van der Waals surface area contributed by atoms with Crippen molar-refractivity contribution in [3.8, 4) is 0 Å². The lowest BCUT2D eigenvalue weighted by Gasteiger charge is -2.19. The molecule has 2 amide bonds. The first-order chi connectivity index (χ1) is 9.50. The Balaban J connectivity index is 2.36. The molecule has 0 heterocycles. The molecule has 0 unspecified atom stereocenters. The summed E-state index contributed by atoms with van der Waals surface area (Å²) in [4.78, 5) is 25.2. The maximum atomic E-state index is 12.4. The molecule has 0 radical (unpaired) electrons. The van der Waals surface area contributed by atoms with Crippen LogP contribution in [0.15, 0.2) is 48.5 Å². The van der Waals surface area contributed by atoms with E-state index >= 15 is 0 Å². The van der Waals surface area contributed by atoms with Gasteiger partial charge in [0.1, 0.15) is 0 Å². The zero-order valence-electron chi connectivity index (χ0n) is 10.8. The van der Waals surface area contributed by atoms with Crippen molar-refractivity contribution in [2.75, 3.05) is 11.9 Å². The third-order valence-corrected chi connectivity index (χ3v) is 3.18. The van der Waals surface area contributed by atoms with Crippen LogP contribution in [0, 0.1) is 0 Å². The van der Waals surface area contributed by atoms with Crippen molar-refractivity contribution in [2.45, 2.75) is 0 Å². The molecule has 2 aromatic carbocycles. The van der Waals surface area contributed by atoms with Gasteiger partial charge in [-0.2, -0.15) is 0 Å². The van der Waals surface area contributed by atoms with Gasteiger partial charge in [0, 0.05) is 17.6 Å². The zero-order chi connectivity index (χ0) is 14.7. The average Bonchev–Trinajstić information content (AvgIpc) is 2.46. The minimum Gasteiger partial charge on any atom is -0.366 e. The quantitative estimate of drug-likeness (QED) is 0.944. The molecule has 0 spiro atoms. The van der Waals surface area contributed by atoms with Crippen LogP contribution >= 0.6 is 11.6 Å². The maximum Gasteiger partial charge on any atom is 0.258 e. The molecule has 0 bridgehead atoms. The smallest absolute Gasteiger partial charge is 0.258 e. The highest BCUT2D eigenvalue weighted by Gasteiger charge is 2.18. The Hall–Kier alpha value is -2.33. The molecule has 102 valence electrons. The lowest BCUT2D eigenvalue weighted by molar-refractivity contribution is 0.0992. The van der Waals surface area contributed by atoms with E-state index in [1.807, 2.05) is 0 Å². The molecule has 0 aromatic heterocycles. The predicted molar refractivity (Wildman–Crippen MR) is 79.1 cm³/mol. The Morgan fingerprint density at radius 1 is 1.05 bits per heavy atom. The standard InChI is InChI=1S/C15H13ClN2O2/c1-18(13-5-3-2-4-12(13)14(17)19)15(20)10-6-8-11(16)9-7-10/h2-9H,1H3,(H2,17,19). The van der Waals surface area contributed by atoms with Crippen LogP contribution in [0.2, 0.25) is 5.02 Å². The summed E-state index contributed by atoms with van der Waals surface area (Å²) in [6.45, 7) is 0. The average molecular weight is 289 g/mol. The normalized spacial score (nSPS) is 10.1. The molecule has 0 aliphatic carbocycles. The highest BCUT2D eigenvalue weighted by molar-refractivity contribution is 6.30. The second-order valence-electron chi connectivity index (χ2n) is 4.25. The predicted octanol–water partition coefficient (Wildman–Crippen LogP) is 2.72. The van der Waals surface area contributed by atoms with E-state index in [9.17, 15) is 9.59 Å². The highest BCUT2D eigenvalue weighted by atomic mass is 35.5. The molecule has 5 heteroatoms. The SMILES string of the molecule is CN(C(=O)c1ccc(Cl)cc1)c1ccccc1C(N)=O. The number of primary amides is 1. The second kappa shape index (κ2) is 5.75. The van der Waals surface area contributed by atoms with Gasteiger partial charge < -0.3 is 10.6 Å². The van der Waals surface area contributed by atoms with E-state index < -0.39 is 5.91 Å². The third-order valence-electron chi connectivity index (χ3n) is 2.93. The molecule has 2 N–H and O–H groups in total. The van der Waals surface area contributed by atoms with Crippen molar-refractivity contribution in [3.05, 3.63) is 64.7 Å². The summed E-state index contributed by atoms with van der Waals surface area (Å²) in [6.07, 6.45) is 0. The molecule has 0 atom stereocenters. The van der Waals surface area contributed by atoms with Gasteiger partial charge in [0.2, 0.25) is 0 Å². The van der Waals surface area contributed by atoms with Gasteiger partial charge in [0.25, 0.3) is 11.8 Å². The van der Waals surface area contributed by atoms with Crippen LogP contribution in [-0.4, -0.2) is 18.9 Å². The van der Waals surface area contributed by atoms with Gasteiger partial charge in [-0.1, -0.05) is 23.7 Å². The van der Waals surface area contributed by atoms with E-state index in [0.717, 1.165) is 0 Å². The van der Waals surface area contributed by atoms with Crippen molar-refractivity contribution < 1.29 is 9.59 Å². The van der Waals surface area contributed by atoms with Crippen LogP contribution in [0.25, 0.3) is 0 Å². The van der Waals surface area contributed by atoms with E-state index in [0.29, 0.717) is 21.8 Å². The van der Waals surface area contributed by atoms with Crippen molar-refractivity contribution >= 4 is 29.1 Å². The Kier molecular flexibility index (Phi) is 4.05. The molecule has 4 nitrogen and oxygen atoms in total. The minimum atomic E-state index is -0.573. The molecule has 0 saturated carbocycles. The number of halogens is 1. The van der Waals surface area contributed by atoms with Gasteiger partial charge >= 0.3 is 0 Å². The van der Waals surface area contributed by atoms with Crippen LogP contribution < -0.4 is 10.6 Å². The first kappa shape index (κ1) is 14.1. The number of rotatable bonds is 3. The molecule has 0 saturated heterocycles. The number of nitrogens with zero attached hydrogens (tertiary/aromatic N) is 1. The number of nitrogens with two attached hydrogens (primary N) is 1. The summed E-state index contributed by atoms with van der Waals surface area (Å²) >= 11 is 5.79. The Bertz CT molecular complexity index is 653. The molecule has 2 aromatic rings. The number of carbonyl (C=O) groups is 2. The molecule has 0 aliphatic rings. The molecule has 0 fully saturated rings. The van der Waals surface area contributed by atoms with Crippen molar-refractivity contribution in [3.63, 3.8) is 0 Å². The Morgan fingerprint density at radius 2 is 1.65 bits per heavy atom. The summed E-state index contributed by atoms with van der Waals surface area (Å²) in [5.74, 6) is -0.813. The van der Waals surface area contributed by atoms with Gasteiger partial charge in [-0.25, -0.2) is 0 Å². The van der Waals surface area contributed by atoms with Crippen molar-refractivity contribution in [1.29, 1.82) is 0 Å². The van der Waals surface area contributed by atoms with Gasteiger partial charge in [0.15, 0.2) is 0 Å². The number of para-hydroxylation sites is 1. The number of anilines is 1. The van der Waals surface area contributed by atoms with E-state index in [1.165, 1.54) is 4.90 Å². The third kappa shape index (κ3) is 2.81. The molecule has 20 heavy (non-hydrogen) atoms. The van der Waals surface area contributed by atoms with Gasteiger partial charge in [-0.05, 0) is 36.4 Å². The first-order valence-corrected chi connectivity index (χ1v) is 6.31. The van der Waals surface area contributed by atoms with Gasteiger partial charge in [0.05, 0.1) is 11.3 Å². The maximum absolute atomic E-state index is 12.4. The van der Waals surface area contributed by atoms with Crippen molar-refractivity contribution in [2.24, 2.45) is 5.73 Å². The lowest BCUT2D eigenvalue weighted by Crippen LogP contribution is -2.28. The van der Waals surface area contributed by atoms with Crippen LogP contribution in [0.1, 0.15) is 20.7 Å². The monoisotopic (exact) mass is 288 g/mol. The second-order valence-corrected chi connectivity index (χ2v) is 4.69. The molecular formula is C15H13ClN2O2. The van der Waals surface area contributed by atoms with E-state index in [-0.39, 0.29) is 5.91 Å². The van der Waals surface area contributed by atoms with Gasteiger partial charge in [-0.3, -0.25) is 9.59 Å². The topological polar surface area (TPSA) is 63.4 Å². The Labute approximate surface area is 121 Å². The van der Waals surface area contributed by atoms with Crippen molar-refractivity contribution in [1.82, 2.24) is 0 Å². The fourth-order valence-corrected chi connectivity index (χ4v) is 2.00. The largest absolute Gasteiger partial charge is 0.366 e. The van der Waals surface area contributed by atoms with Crippen LogP contribution in [0.3, 0.4) is 0 Å². The van der Waals surface area contributed by atoms with E-state index in [2.05, 4.69) is 0 Å². The summed E-state index contributed by atoms with van der Waals surface area (Å²) in [5, 5.41) is 0.557. The summed E-state index contributed by atoms with van der Waals surface area (Å²) < 4.78 is 0.